The summed E-state index contributed by atoms with van der Waals surface area (Å²) in [5, 5.41) is 1.81. The van der Waals surface area contributed by atoms with Crippen LogP contribution in [0.25, 0.3) is 0 Å². The Morgan fingerprint density at radius 1 is 1.24 bits per heavy atom. The first-order valence-corrected chi connectivity index (χ1v) is 7.46. The van der Waals surface area contributed by atoms with Crippen molar-refractivity contribution in [2.24, 2.45) is 11.3 Å². The number of hydrogen-bond donors (Lipinski definition) is 0. The zero-order chi connectivity index (χ0) is 13.3. The molecule has 1 fully saturated rings. The summed E-state index contributed by atoms with van der Waals surface area (Å²) >= 11 is 0. The summed E-state index contributed by atoms with van der Waals surface area (Å²) < 4.78 is 11.7. The summed E-state index contributed by atoms with van der Waals surface area (Å²) in [6.45, 7) is 10.2. The SMILES string of the molecule is CC(C)(/C=C/S(=O)C(C)(C)C)[C@H]1CCC(=O)C1. The molecule has 1 unspecified atom stereocenters. The predicted molar refractivity (Wildman–Crippen MR) is 73.2 cm³/mol. The average molecular weight is 256 g/mol. The van der Waals surface area contributed by atoms with Crippen LogP contribution in [0.15, 0.2) is 11.5 Å². The van der Waals surface area contributed by atoms with Gasteiger partial charge in [-0.1, -0.05) is 19.9 Å². The summed E-state index contributed by atoms with van der Waals surface area (Å²) in [7, 11) is -0.958. The Morgan fingerprint density at radius 3 is 2.24 bits per heavy atom. The average Bonchev–Trinajstić information content (AvgIpc) is 2.60. The molecule has 17 heavy (non-hydrogen) atoms. The molecule has 1 saturated carbocycles. The van der Waals surface area contributed by atoms with E-state index in [1.54, 1.807) is 0 Å². The highest BCUT2D eigenvalue weighted by molar-refractivity contribution is 7.89. The molecule has 1 aliphatic carbocycles. The number of carbonyl (C=O) groups excluding carboxylic acids is 1. The molecule has 0 aliphatic heterocycles. The summed E-state index contributed by atoms with van der Waals surface area (Å²) in [6.07, 6.45) is 4.40. The van der Waals surface area contributed by atoms with E-state index >= 15 is 0 Å². The molecule has 0 spiro atoms. The van der Waals surface area contributed by atoms with Gasteiger partial charge in [0.25, 0.3) is 0 Å². The molecule has 3 heteroatoms. The van der Waals surface area contributed by atoms with Crippen LogP contribution in [0.5, 0.6) is 0 Å². The van der Waals surface area contributed by atoms with Crippen molar-refractivity contribution in [3.8, 4) is 0 Å². The third-order valence-corrected chi connectivity index (χ3v) is 5.11. The van der Waals surface area contributed by atoms with E-state index in [0.29, 0.717) is 24.5 Å². The van der Waals surface area contributed by atoms with E-state index in [1.807, 2.05) is 32.3 Å². The lowest BCUT2D eigenvalue weighted by molar-refractivity contribution is -0.117. The Labute approximate surface area is 107 Å². The van der Waals surface area contributed by atoms with Crippen molar-refractivity contribution in [3.05, 3.63) is 11.5 Å². The van der Waals surface area contributed by atoms with Crippen LogP contribution in [0.1, 0.15) is 53.9 Å². The monoisotopic (exact) mass is 256 g/mol. The maximum Gasteiger partial charge on any atom is 0.133 e. The molecule has 0 radical (unpaired) electrons. The molecule has 2 nitrogen and oxygen atoms in total. The predicted octanol–water partition coefficient (Wildman–Crippen LogP) is 3.44. The topological polar surface area (TPSA) is 34.1 Å². The molecular weight excluding hydrogens is 232 g/mol. The largest absolute Gasteiger partial charge is 0.300 e. The molecule has 1 aliphatic rings. The Morgan fingerprint density at radius 2 is 1.82 bits per heavy atom. The van der Waals surface area contributed by atoms with Crippen LogP contribution in [-0.4, -0.2) is 14.7 Å². The van der Waals surface area contributed by atoms with Crippen LogP contribution >= 0.6 is 0 Å². The van der Waals surface area contributed by atoms with Gasteiger partial charge in [-0.3, -0.25) is 9.00 Å². The second kappa shape index (κ2) is 5.05. The van der Waals surface area contributed by atoms with E-state index in [1.165, 1.54) is 0 Å². The number of allylic oxidation sites excluding steroid dienone is 1. The summed E-state index contributed by atoms with van der Waals surface area (Å²) in [6, 6.07) is 0. The molecule has 0 aromatic carbocycles. The van der Waals surface area contributed by atoms with Gasteiger partial charge in [-0.25, -0.2) is 0 Å². The third-order valence-electron chi connectivity index (χ3n) is 3.52. The second-order valence-electron chi connectivity index (χ2n) is 6.51. The Hall–Kier alpha value is -0.440. The Bertz CT molecular complexity index is 348. The first kappa shape index (κ1) is 14.6. The fourth-order valence-electron chi connectivity index (χ4n) is 2.03. The molecule has 0 aromatic heterocycles. The van der Waals surface area contributed by atoms with Gasteiger partial charge in [0.15, 0.2) is 0 Å². The molecule has 0 bridgehead atoms. The lowest BCUT2D eigenvalue weighted by atomic mass is 9.78. The lowest BCUT2D eigenvalue weighted by Crippen LogP contribution is -2.22. The van der Waals surface area contributed by atoms with Gasteiger partial charge in [-0.05, 0) is 43.9 Å². The highest BCUT2D eigenvalue weighted by atomic mass is 32.2. The molecule has 0 aromatic rings. The minimum absolute atomic E-state index is 0.0347. The molecule has 0 N–H and O–H groups in total. The van der Waals surface area contributed by atoms with Gasteiger partial charge in [-0.15, -0.1) is 0 Å². The van der Waals surface area contributed by atoms with Gasteiger partial charge in [0.1, 0.15) is 5.78 Å². The van der Waals surface area contributed by atoms with Crippen molar-refractivity contribution in [1.82, 2.24) is 0 Å². The zero-order valence-corrected chi connectivity index (χ0v) is 12.4. The van der Waals surface area contributed by atoms with Crippen molar-refractivity contribution in [2.75, 3.05) is 0 Å². The van der Waals surface area contributed by atoms with E-state index < -0.39 is 10.8 Å². The van der Waals surface area contributed by atoms with Crippen molar-refractivity contribution < 1.29 is 9.00 Å². The lowest BCUT2D eigenvalue weighted by Gasteiger charge is -2.28. The van der Waals surface area contributed by atoms with E-state index in [9.17, 15) is 9.00 Å². The normalized spacial score (nSPS) is 24.5. The van der Waals surface area contributed by atoms with E-state index in [0.717, 1.165) is 6.42 Å². The number of hydrogen-bond acceptors (Lipinski definition) is 2. The Kier molecular flexibility index (Phi) is 4.34. The molecule has 0 heterocycles. The van der Waals surface area contributed by atoms with Crippen molar-refractivity contribution in [3.63, 3.8) is 0 Å². The number of Topliss-reactive ketones (excluding diaryl/α,β-unsaturated/α-hetero) is 1. The van der Waals surface area contributed by atoms with E-state index in [4.69, 9.17) is 0 Å². The highest BCUT2D eigenvalue weighted by Gasteiger charge is 2.33. The van der Waals surface area contributed by atoms with Crippen LogP contribution < -0.4 is 0 Å². The first-order chi connectivity index (χ1) is 7.63. The maximum absolute atomic E-state index is 11.9. The maximum atomic E-state index is 11.9. The molecule has 98 valence electrons. The number of ketones is 1. The van der Waals surface area contributed by atoms with Gasteiger partial charge >= 0.3 is 0 Å². The van der Waals surface area contributed by atoms with Crippen molar-refractivity contribution in [1.29, 1.82) is 0 Å². The van der Waals surface area contributed by atoms with Crippen LogP contribution in [0, 0.1) is 11.3 Å². The van der Waals surface area contributed by atoms with Gasteiger partial charge in [0, 0.05) is 17.6 Å². The van der Waals surface area contributed by atoms with E-state index in [-0.39, 0.29) is 10.2 Å². The summed E-state index contributed by atoms with van der Waals surface area (Å²) in [4.78, 5) is 11.3. The minimum Gasteiger partial charge on any atom is -0.300 e. The standard InChI is InChI=1S/C14H24O2S/c1-13(2,3)17(16)9-8-14(4,5)11-6-7-12(15)10-11/h8-9,11H,6-7,10H2,1-5H3/b9-8+/t11-,17?/m0/s1. The van der Waals surface area contributed by atoms with Crippen LogP contribution in [0.2, 0.25) is 0 Å². The Balaban J connectivity index is 2.69. The van der Waals surface area contributed by atoms with Gasteiger partial charge in [0.2, 0.25) is 0 Å². The van der Waals surface area contributed by atoms with Gasteiger partial charge < -0.3 is 0 Å². The third kappa shape index (κ3) is 4.06. The first-order valence-electron chi connectivity index (χ1n) is 6.24. The van der Waals surface area contributed by atoms with Crippen molar-refractivity contribution in [2.45, 2.75) is 58.6 Å². The summed E-state index contributed by atoms with van der Waals surface area (Å²) in [5.74, 6) is 0.775. The summed E-state index contributed by atoms with van der Waals surface area (Å²) in [5.41, 5.74) is -0.0347. The fraction of sp³-hybridized carbons (Fsp3) is 0.786. The number of carbonyl (C=O) groups is 1. The van der Waals surface area contributed by atoms with Gasteiger partial charge in [0.05, 0.1) is 10.8 Å². The molecular formula is C14H24O2S. The minimum atomic E-state index is -0.958. The van der Waals surface area contributed by atoms with E-state index in [2.05, 4.69) is 13.8 Å². The molecule has 0 saturated heterocycles. The highest BCUT2D eigenvalue weighted by Crippen LogP contribution is 2.39. The van der Waals surface area contributed by atoms with Crippen LogP contribution in [0.4, 0.5) is 0 Å². The van der Waals surface area contributed by atoms with Crippen LogP contribution in [-0.2, 0) is 15.6 Å². The second-order valence-corrected chi connectivity index (χ2v) is 8.60. The van der Waals surface area contributed by atoms with Crippen molar-refractivity contribution >= 4 is 16.6 Å². The smallest absolute Gasteiger partial charge is 0.133 e. The number of rotatable bonds is 3. The van der Waals surface area contributed by atoms with Crippen LogP contribution in [0.3, 0.4) is 0 Å². The van der Waals surface area contributed by atoms with Gasteiger partial charge in [-0.2, -0.15) is 0 Å². The fourth-order valence-corrected chi connectivity index (χ4v) is 2.91. The molecule has 0 amide bonds. The zero-order valence-electron chi connectivity index (χ0n) is 11.6. The molecule has 2 atom stereocenters. The quantitative estimate of drug-likeness (QED) is 0.775. The molecule has 1 rings (SSSR count).